The van der Waals surface area contributed by atoms with Crippen LogP contribution in [0.15, 0.2) is 60.0 Å². The van der Waals surface area contributed by atoms with Crippen molar-refractivity contribution in [1.82, 2.24) is 4.98 Å². The number of aromatic nitrogens is 1. The van der Waals surface area contributed by atoms with Gasteiger partial charge in [-0.1, -0.05) is 35.9 Å². The summed E-state index contributed by atoms with van der Waals surface area (Å²) in [5.41, 5.74) is 2.82. The van der Waals surface area contributed by atoms with Crippen LogP contribution in [-0.2, 0) is 4.79 Å². The fourth-order valence-electron chi connectivity index (χ4n) is 2.41. The van der Waals surface area contributed by atoms with E-state index in [0.717, 1.165) is 16.9 Å². The predicted molar refractivity (Wildman–Crippen MR) is 102 cm³/mol. The number of amides is 1. The van der Waals surface area contributed by atoms with Crippen LogP contribution in [-0.4, -0.2) is 17.0 Å². The number of anilines is 2. The summed E-state index contributed by atoms with van der Waals surface area (Å²) in [5, 5.41) is 2.58. The topological polar surface area (TPSA) is 42.4 Å². The number of nitrogens with zero attached hydrogens (tertiary/aromatic N) is 2. The van der Waals surface area contributed by atoms with Crippen LogP contribution < -0.4 is 9.64 Å². The quantitative estimate of drug-likeness (QED) is 0.656. The monoisotopic (exact) mass is 352 g/mol. The molecule has 3 aromatic rings. The van der Waals surface area contributed by atoms with Crippen LogP contribution in [0.2, 0.25) is 0 Å². The van der Waals surface area contributed by atoms with Crippen molar-refractivity contribution in [3.63, 3.8) is 0 Å². The van der Waals surface area contributed by atoms with Crippen molar-refractivity contribution < 1.29 is 9.53 Å². The lowest BCUT2D eigenvalue weighted by Crippen LogP contribution is -2.37. The first-order chi connectivity index (χ1) is 12.0. The summed E-state index contributed by atoms with van der Waals surface area (Å²) >= 11 is 1.44. The highest BCUT2D eigenvalue weighted by molar-refractivity contribution is 7.14. The number of hydrogen-bond donors (Lipinski definition) is 0. The van der Waals surface area contributed by atoms with Crippen molar-refractivity contribution in [2.24, 2.45) is 0 Å². The third-order valence-electron chi connectivity index (χ3n) is 3.71. The Labute approximate surface area is 151 Å². The normalized spacial score (nSPS) is 11.8. The highest BCUT2D eigenvalue weighted by Crippen LogP contribution is 2.29. The van der Waals surface area contributed by atoms with E-state index >= 15 is 0 Å². The summed E-state index contributed by atoms with van der Waals surface area (Å²) in [6.07, 6.45) is -0.632. The van der Waals surface area contributed by atoms with E-state index in [9.17, 15) is 4.79 Å². The van der Waals surface area contributed by atoms with Crippen molar-refractivity contribution in [1.29, 1.82) is 0 Å². The van der Waals surface area contributed by atoms with Gasteiger partial charge in [0.1, 0.15) is 5.75 Å². The maximum Gasteiger partial charge on any atom is 0.274 e. The Morgan fingerprint density at radius 2 is 1.76 bits per heavy atom. The van der Waals surface area contributed by atoms with Gasteiger partial charge in [-0.2, -0.15) is 0 Å². The number of thiazole rings is 1. The lowest BCUT2D eigenvalue weighted by Gasteiger charge is -2.24. The summed E-state index contributed by atoms with van der Waals surface area (Å²) in [6, 6.07) is 17.2. The molecule has 25 heavy (non-hydrogen) atoms. The van der Waals surface area contributed by atoms with Crippen LogP contribution in [0.4, 0.5) is 10.8 Å². The van der Waals surface area contributed by atoms with Crippen LogP contribution in [0, 0.1) is 13.8 Å². The van der Waals surface area contributed by atoms with Crippen molar-refractivity contribution >= 4 is 28.1 Å². The number of carbonyl (C=O) groups excluding carboxylic acids is 1. The molecular weight excluding hydrogens is 332 g/mol. The number of aryl methyl sites for hydroxylation is 2. The van der Waals surface area contributed by atoms with Gasteiger partial charge in [0.05, 0.1) is 11.4 Å². The first-order valence-electron chi connectivity index (χ1n) is 8.09. The number of ether oxygens (including phenoxy) is 1. The summed E-state index contributed by atoms with van der Waals surface area (Å²) in [4.78, 5) is 19.2. The van der Waals surface area contributed by atoms with Gasteiger partial charge in [-0.25, -0.2) is 4.98 Å². The molecule has 0 fully saturated rings. The van der Waals surface area contributed by atoms with Crippen LogP contribution >= 0.6 is 11.3 Å². The molecule has 1 aromatic heterocycles. The molecule has 2 aromatic carbocycles. The van der Waals surface area contributed by atoms with E-state index in [0.29, 0.717) is 10.9 Å². The summed E-state index contributed by atoms with van der Waals surface area (Å²) in [7, 11) is 0. The average Bonchev–Trinajstić information content (AvgIpc) is 3.04. The third kappa shape index (κ3) is 4.06. The van der Waals surface area contributed by atoms with Gasteiger partial charge in [0.25, 0.3) is 5.91 Å². The zero-order valence-electron chi connectivity index (χ0n) is 14.5. The zero-order chi connectivity index (χ0) is 17.8. The Balaban J connectivity index is 1.87. The molecule has 0 aliphatic rings. The lowest BCUT2D eigenvalue weighted by atomic mass is 10.2. The minimum absolute atomic E-state index is 0.152. The highest BCUT2D eigenvalue weighted by Gasteiger charge is 2.27. The molecule has 0 aliphatic heterocycles. The van der Waals surface area contributed by atoms with Gasteiger partial charge < -0.3 is 4.74 Å². The van der Waals surface area contributed by atoms with Crippen molar-refractivity contribution in [3.8, 4) is 5.75 Å². The fourth-order valence-corrected chi connectivity index (χ4v) is 3.23. The van der Waals surface area contributed by atoms with Gasteiger partial charge in [-0.15, -0.1) is 11.3 Å². The summed E-state index contributed by atoms with van der Waals surface area (Å²) in [6.45, 7) is 5.69. The second-order valence-electron chi connectivity index (χ2n) is 5.85. The van der Waals surface area contributed by atoms with Gasteiger partial charge in [-0.05, 0) is 45.0 Å². The molecule has 128 valence electrons. The number of para-hydroxylation sites is 1. The Morgan fingerprint density at radius 1 is 1.08 bits per heavy atom. The van der Waals surface area contributed by atoms with E-state index in [1.54, 1.807) is 11.8 Å². The minimum atomic E-state index is -0.632. The molecular formula is C20H20N2O2S. The largest absolute Gasteiger partial charge is 0.481 e. The number of carbonyl (C=O) groups is 1. The van der Waals surface area contributed by atoms with Crippen LogP contribution in [0.1, 0.15) is 18.2 Å². The van der Waals surface area contributed by atoms with Crippen molar-refractivity contribution in [3.05, 3.63) is 71.2 Å². The van der Waals surface area contributed by atoms with Crippen molar-refractivity contribution in [2.75, 3.05) is 4.90 Å². The number of benzene rings is 2. The summed E-state index contributed by atoms with van der Waals surface area (Å²) in [5.74, 6) is 0.524. The minimum Gasteiger partial charge on any atom is -0.481 e. The maximum atomic E-state index is 13.1. The molecule has 0 unspecified atom stereocenters. The molecule has 0 bridgehead atoms. The maximum absolute atomic E-state index is 13.1. The van der Waals surface area contributed by atoms with Crippen LogP contribution in [0.25, 0.3) is 0 Å². The lowest BCUT2D eigenvalue weighted by molar-refractivity contribution is -0.123. The highest BCUT2D eigenvalue weighted by atomic mass is 32.1. The molecule has 3 rings (SSSR count). The SMILES string of the molecule is Cc1ccc(O[C@H](C)C(=O)N(c2ccccc2)c2nc(C)cs2)cc1. The Hall–Kier alpha value is -2.66. The summed E-state index contributed by atoms with van der Waals surface area (Å²) < 4.78 is 5.85. The Bertz CT molecular complexity index is 844. The van der Waals surface area contributed by atoms with Gasteiger partial charge in [0.15, 0.2) is 11.2 Å². The van der Waals surface area contributed by atoms with E-state index in [4.69, 9.17) is 4.74 Å². The molecule has 1 heterocycles. The van der Waals surface area contributed by atoms with Crippen LogP contribution in [0.3, 0.4) is 0 Å². The van der Waals surface area contributed by atoms with E-state index < -0.39 is 6.10 Å². The Kier molecular flexibility index (Phi) is 5.14. The van der Waals surface area contributed by atoms with E-state index in [1.807, 2.05) is 73.8 Å². The number of rotatable bonds is 5. The number of hydrogen-bond acceptors (Lipinski definition) is 4. The molecule has 4 nitrogen and oxygen atoms in total. The first kappa shape index (κ1) is 17.2. The second kappa shape index (κ2) is 7.49. The predicted octanol–water partition coefficient (Wildman–Crippen LogP) is 4.89. The third-order valence-corrected chi connectivity index (χ3v) is 4.66. The Morgan fingerprint density at radius 3 is 2.36 bits per heavy atom. The molecule has 0 radical (unpaired) electrons. The van der Waals surface area contributed by atoms with Gasteiger partial charge in [-0.3, -0.25) is 9.69 Å². The smallest absolute Gasteiger partial charge is 0.274 e. The average molecular weight is 352 g/mol. The molecule has 0 N–H and O–H groups in total. The fraction of sp³-hybridized carbons (Fsp3) is 0.200. The molecule has 1 atom stereocenters. The first-order valence-corrected chi connectivity index (χ1v) is 8.97. The van der Waals surface area contributed by atoms with Gasteiger partial charge in [0.2, 0.25) is 0 Å². The molecule has 1 amide bonds. The van der Waals surface area contributed by atoms with Crippen molar-refractivity contribution in [2.45, 2.75) is 26.9 Å². The second-order valence-corrected chi connectivity index (χ2v) is 6.69. The molecule has 0 aliphatic carbocycles. The standard InChI is InChI=1S/C20H20N2O2S/c1-14-9-11-18(12-10-14)24-16(3)19(23)22(17-7-5-4-6-8-17)20-21-15(2)13-25-20/h4-13,16H,1-3H3/t16-/m1/s1. The van der Waals surface area contributed by atoms with Gasteiger partial charge in [0, 0.05) is 5.38 Å². The molecule has 5 heteroatoms. The van der Waals surface area contributed by atoms with E-state index in [-0.39, 0.29) is 5.91 Å². The molecule has 0 spiro atoms. The zero-order valence-corrected chi connectivity index (χ0v) is 15.3. The van der Waals surface area contributed by atoms with Crippen LogP contribution in [0.5, 0.6) is 5.75 Å². The van der Waals surface area contributed by atoms with Gasteiger partial charge >= 0.3 is 0 Å². The van der Waals surface area contributed by atoms with E-state index in [1.165, 1.54) is 11.3 Å². The molecule has 0 saturated heterocycles. The van der Waals surface area contributed by atoms with E-state index in [2.05, 4.69) is 4.98 Å². The molecule has 0 saturated carbocycles.